The molecule has 1 aromatic carbocycles. The summed E-state index contributed by atoms with van der Waals surface area (Å²) in [5.74, 6) is 0.934. The van der Waals surface area contributed by atoms with Gasteiger partial charge in [0, 0.05) is 12.1 Å². The molecule has 1 aromatic rings. The SMILES string of the molecule is CC(N)CCC(c1ccc(OC(C)C)cc1)N(C)C. The van der Waals surface area contributed by atoms with E-state index in [1.54, 1.807) is 0 Å². The Labute approximate surface area is 117 Å². The molecule has 2 unspecified atom stereocenters. The van der Waals surface area contributed by atoms with Gasteiger partial charge in [-0.1, -0.05) is 12.1 Å². The van der Waals surface area contributed by atoms with Crippen molar-refractivity contribution in [3.05, 3.63) is 29.8 Å². The molecular formula is C16H28N2O. The van der Waals surface area contributed by atoms with E-state index < -0.39 is 0 Å². The summed E-state index contributed by atoms with van der Waals surface area (Å²) in [4.78, 5) is 2.25. The molecule has 0 aliphatic rings. The second-order valence-electron chi connectivity index (χ2n) is 5.77. The molecule has 0 aromatic heterocycles. The molecule has 0 saturated carbocycles. The van der Waals surface area contributed by atoms with E-state index in [9.17, 15) is 0 Å². The molecule has 0 saturated heterocycles. The van der Waals surface area contributed by atoms with Crippen LogP contribution in [0.1, 0.15) is 45.2 Å². The van der Waals surface area contributed by atoms with Gasteiger partial charge in [-0.3, -0.25) is 0 Å². The summed E-state index contributed by atoms with van der Waals surface area (Å²) in [7, 11) is 4.23. The van der Waals surface area contributed by atoms with Crippen LogP contribution in [0.15, 0.2) is 24.3 Å². The van der Waals surface area contributed by atoms with Crippen molar-refractivity contribution in [1.29, 1.82) is 0 Å². The molecule has 3 nitrogen and oxygen atoms in total. The maximum absolute atomic E-state index is 5.86. The normalized spacial score (nSPS) is 14.7. The van der Waals surface area contributed by atoms with E-state index in [0.29, 0.717) is 6.04 Å². The van der Waals surface area contributed by atoms with Crippen LogP contribution in [-0.2, 0) is 0 Å². The third-order valence-electron chi connectivity index (χ3n) is 3.16. The molecule has 3 heteroatoms. The fraction of sp³-hybridized carbons (Fsp3) is 0.625. The first-order valence-corrected chi connectivity index (χ1v) is 7.08. The Kier molecular flexibility index (Phi) is 6.32. The first-order valence-electron chi connectivity index (χ1n) is 7.08. The minimum absolute atomic E-state index is 0.216. The molecular weight excluding hydrogens is 236 g/mol. The van der Waals surface area contributed by atoms with E-state index in [0.717, 1.165) is 18.6 Å². The summed E-state index contributed by atoms with van der Waals surface area (Å²) in [5.41, 5.74) is 7.18. The number of ether oxygens (including phenoxy) is 1. The standard InChI is InChI=1S/C16H28N2O/c1-12(2)19-15-9-7-14(8-10-15)16(18(4)5)11-6-13(3)17/h7-10,12-13,16H,6,11,17H2,1-5H3. The van der Waals surface area contributed by atoms with Crippen LogP contribution in [0.25, 0.3) is 0 Å². The lowest BCUT2D eigenvalue weighted by molar-refractivity contribution is 0.241. The van der Waals surface area contributed by atoms with Crippen LogP contribution >= 0.6 is 0 Å². The van der Waals surface area contributed by atoms with Crippen molar-refractivity contribution in [3.8, 4) is 5.75 Å². The predicted octanol–water partition coefficient (Wildman–Crippen LogP) is 3.20. The molecule has 108 valence electrons. The van der Waals surface area contributed by atoms with E-state index in [1.807, 2.05) is 13.8 Å². The summed E-state index contributed by atoms with van der Waals surface area (Å²) < 4.78 is 5.67. The van der Waals surface area contributed by atoms with Gasteiger partial charge in [0.1, 0.15) is 5.75 Å². The Hall–Kier alpha value is -1.06. The minimum Gasteiger partial charge on any atom is -0.491 e. The van der Waals surface area contributed by atoms with Crippen molar-refractivity contribution in [2.45, 2.75) is 51.8 Å². The molecule has 0 aliphatic carbocycles. The van der Waals surface area contributed by atoms with Crippen molar-refractivity contribution in [3.63, 3.8) is 0 Å². The van der Waals surface area contributed by atoms with E-state index >= 15 is 0 Å². The highest BCUT2D eigenvalue weighted by molar-refractivity contribution is 5.29. The van der Waals surface area contributed by atoms with E-state index in [4.69, 9.17) is 10.5 Å². The molecule has 0 spiro atoms. The number of rotatable bonds is 7. The number of nitrogens with zero attached hydrogens (tertiary/aromatic N) is 1. The lowest BCUT2D eigenvalue weighted by Crippen LogP contribution is -2.23. The lowest BCUT2D eigenvalue weighted by Gasteiger charge is -2.25. The smallest absolute Gasteiger partial charge is 0.119 e. The largest absolute Gasteiger partial charge is 0.491 e. The Morgan fingerprint density at radius 2 is 1.63 bits per heavy atom. The molecule has 0 aliphatic heterocycles. The molecule has 2 atom stereocenters. The second kappa shape index (κ2) is 7.51. The molecule has 2 N–H and O–H groups in total. The Morgan fingerprint density at radius 3 is 2.05 bits per heavy atom. The topological polar surface area (TPSA) is 38.5 Å². The van der Waals surface area contributed by atoms with Crippen molar-refractivity contribution in [2.75, 3.05) is 14.1 Å². The molecule has 0 heterocycles. The predicted molar refractivity (Wildman–Crippen MR) is 81.5 cm³/mol. The zero-order valence-electron chi connectivity index (χ0n) is 12.9. The Balaban J connectivity index is 2.74. The van der Waals surface area contributed by atoms with Crippen LogP contribution in [-0.4, -0.2) is 31.1 Å². The first kappa shape index (κ1) is 16.0. The molecule has 0 amide bonds. The highest BCUT2D eigenvalue weighted by atomic mass is 16.5. The molecule has 19 heavy (non-hydrogen) atoms. The fourth-order valence-corrected chi connectivity index (χ4v) is 2.18. The zero-order chi connectivity index (χ0) is 14.4. The average molecular weight is 264 g/mol. The summed E-state index contributed by atoms with van der Waals surface area (Å²) in [5, 5.41) is 0. The van der Waals surface area contributed by atoms with Gasteiger partial charge in [0.25, 0.3) is 0 Å². The number of hydrogen-bond donors (Lipinski definition) is 1. The van der Waals surface area contributed by atoms with Crippen molar-refractivity contribution < 1.29 is 4.74 Å². The van der Waals surface area contributed by atoms with Crippen LogP contribution in [0.3, 0.4) is 0 Å². The first-order chi connectivity index (χ1) is 8.90. The van der Waals surface area contributed by atoms with Gasteiger partial charge in [0.2, 0.25) is 0 Å². The van der Waals surface area contributed by atoms with Crippen LogP contribution in [0.5, 0.6) is 5.75 Å². The fourth-order valence-electron chi connectivity index (χ4n) is 2.18. The molecule has 1 rings (SSSR count). The maximum atomic E-state index is 5.86. The maximum Gasteiger partial charge on any atom is 0.119 e. The van der Waals surface area contributed by atoms with Gasteiger partial charge in [-0.2, -0.15) is 0 Å². The highest BCUT2D eigenvalue weighted by Gasteiger charge is 2.14. The van der Waals surface area contributed by atoms with Crippen molar-refractivity contribution >= 4 is 0 Å². The van der Waals surface area contributed by atoms with Gasteiger partial charge in [-0.05, 0) is 65.4 Å². The van der Waals surface area contributed by atoms with E-state index in [1.165, 1.54) is 5.56 Å². The molecule has 0 bridgehead atoms. The van der Waals surface area contributed by atoms with E-state index in [2.05, 4.69) is 50.2 Å². The monoisotopic (exact) mass is 264 g/mol. The molecule has 0 radical (unpaired) electrons. The van der Waals surface area contributed by atoms with Gasteiger partial charge in [-0.15, -0.1) is 0 Å². The summed E-state index contributed by atoms with van der Waals surface area (Å²) in [6.07, 6.45) is 2.33. The third-order valence-corrected chi connectivity index (χ3v) is 3.16. The third kappa shape index (κ3) is 5.62. The van der Waals surface area contributed by atoms with Gasteiger partial charge < -0.3 is 15.4 Å². The van der Waals surface area contributed by atoms with Gasteiger partial charge in [0.15, 0.2) is 0 Å². The number of benzene rings is 1. The number of nitrogens with two attached hydrogens (primary N) is 1. The van der Waals surface area contributed by atoms with Gasteiger partial charge in [-0.25, -0.2) is 0 Å². The number of hydrogen-bond acceptors (Lipinski definition) is 3. The van der Waals surface area contributed by atoms with E-state index in [-0.39, 0.29) is 12.1 Å². The second-order valence-corrected chi connectivity index (χ2v) is 5.77. The quantitative estimate of drug-likeness (QED) is 0.822. The molecule has 0 fully saturated rings. The van der Waals surface area contributed by atoms with Crippen LogP contribution in [0.2, 0.25) is 0 Å². The summed E-state index contributed by atoms with van der Waals surface area (Å²) >= 11 is 0. The average Bonchev–Trinajstić information content (AvgIpc) is 2.29. The Bertz CT molecular complexity index is 358. The zero-order valence-corrected chi connectivity index (χ0v) is 12.9. The van der Waals surface area contributed by atoms with Crippen molar-refractivity contribution in [2.24, 2.45) is 5.73 Å². The van der Waals surface area contributed by atoms with Crippen LogP contribution in [0, 0.1) is 0 Å². The van der Waals surface area contributed by atoms with Gasteiger partial charge >= 0.3 is 0 Å². The minimum atomic E-state index is 0.216. The summed E-state index contributed by atoms with van der Waals surface area (Å²) in [6.45, 7) is 6.14. The van der Waals surface area contributed by atoms with Crippen molar-refractivity contribution in [1.82, 2.24) is 4.90 Å². The highest BCUT2D eigenvalue weighted by Crippen LogP contribution is 2.26. The lowest BCUT2D eigenvalue weighted by atomic mass is 9.99. The van der Waals surface area contributed by atoms with Crippen LogP contribution in [0.4, 0.5) is 0 Å². The Morgan fingerprint density at radius 1 is 1.05 bits per heavy atom. The summed E-state index contributed by atoms with van der Waals surface area (Å²) in [6, 6.07) is 9.09. The van der Waals surface area contributed by atoms with Gasteiger partial charge in [0.05, 0.1) is 6.10 Å². The van der Waals surface area contributed by atoms with Crippen LogP contribution < -0.4 is 10.5 Å².